The zero-order chi connectivity index (χ0) is 6.24. The van der Waals surface area contributed by atoms with Gasteiger partial charge in [0.15, 0.2) is 0 Å². The van der Waals surface area contributed by atoms with Gasteiger partial charge < -0.3 is 0 Å². The maximum Gasteiger partial charge on any atom is 0.230 e. The summed E-state index contributed by atoms with van der Waals surface area (Å²) in [5.41, 5.74) is 0. The minimum Gasteiger partial charge on any atom is -0.152 e. The number of hydrogen-bond donors (Lipinski definition) is 0. The molecule has 4 heteroatoms. The summed E-state index contributed by atoms with van der Waals surface area (Å²) in [5, 5.41) is 1.17. The van der Waals surface area contributed by atoms with Crippen LogP contribution in [0.25, 0.3) is 0 Å². The Morgan fingerprint density at radius 3 is 2.75 bits per heavy atom. The molecule has 0 bridgehead atoms. The second-order valence-corrected chi connectivity index (χ2v) is 5.25. The van der Waals surface area contributed by atoms with Gasteiger partial charge in [0, 0.05) is 5.33 Å². The van der Waals surface area contributed by atoms with Gasteiger partial charge in [-0.15, -0.1) is 8.46 Å². The van der Waals surface area contributed by atoms with Crippen molar-refractivity contribution >= 4 is 51.6 Å². The molecule has 0 saturated carbocycles. The summed E-state index contributed by atoms with van der Waals surface area (Å²) < 4.78 is 0. The molecule has 1 atom stereocenters. The second kappa shape index (κ2) is 8.70. The molecule has 0 nitrogen and oxygen atoms in total. The van der Waals surface area contributed by atoms with Crippen molar-refractivity contribution in [2.24, 2.45) is 0 Å². The fourth-order valence-electron chi connectivity index (χ4n) is 0.376. The molecule has 0 N–H and O–H groups in total. The summed E-state index contributed by atoms with van der Waals surface area (Å²) in [4.78, 5) is 2.23. The van der Waals surface area contributed by atoms with E-state index >= 15 is 0 Å². The molecule has 0 saturated heterocycles. The van der Waals surface area contributed by atoms with Crippen molar-refractivity contribution in [1.82, 2.24) is 0 Å². The molecule has 0 aliphatic carbocycles. The minimum atomic E-state index is 1.07. The van der Waals surface area contributed by atoms with Crippen molar-refractivity contribution in [2.75, 3.05) is 11.5 Å². The van der Waals surface area contributed by atoms with Gasteiger partial charge in [0.05, 0.1) is 0 Å². The van der Waals surface area contributed by atoms with Gasteiger partial charge in [-0.3, -0.25) is 0 Å². The van der Waals surface area contributed by atoms with Gasteiger partial charge in [0.25, 0.3) is 0 Å². The Hall–Kier alpha value is 1.70. The molecule has 0 spiro atoms. The molecule has 0 rings (SSSR count). The van der Waals surface area contributed by atoms with Crippen LogP contribution in [0.4, 0.5) is 0 Å². The van der Waals surface area contributed by atoms with Crippen LogP contribution in [0.15, 0.2) is 0 Å². The summed E-state index contributed by atoms with van der Waals surface area (Å²) in [7, 11) is 1.07. The second-order valence-electron chi connectivity index (χ2n) is 1.46. The lowest BCUT2D eigenvalue weighted by Crippen LogP contribution is -1.78. The maximum absolute atomic E-state index is 3.39. The van der Waals surface area contributed by atoms with E-state index in [0.29, 0.717) is 0 Å². The molecule has 0 heterocycles. The predicted molar refractivity (Wildman–Crippen MR) is 56.0 cm³/mol. The highest BCUT2D eigenvalue weighted by Gasteiger charge is 1.85. The van der Waals surface area contributed by atoms with E-state index in [-0.39, 0.29) is 0 Å². The molecule has 0 aliphatic heterocycles. The maximum atomic E-state index is 3.39. The van der Waals surface area contributed by atoms with E-state index in [1.54, 1.807) is 0 Å². The van der Waals surface area contributed by atoms with Crippen LogP contribution >= 0.6 is 46.8 Å². The van der Waals surface area contributed by atoms with E-state index in [9.17, 15) is 0 Å². The minimum absolute atomic E-state index is 1.07. The van der Waals surface area contributed by atoms with Gasteiger partial charge in [-0.2, -0.15) is 22.4 Å². The van der Waals surface area contributed by atoms with Gasteiger partial charge in [0.1, 0.15) is 0 Å². The quantitative estimate of drug-likeness (QED) is 0.241. The van der Waals surface area contributed by atoms with E-state index in [2.05, 4.69) is 43.2 Å². The molecule has 8 heavy (non-hydrogen) atoms. The molecule has 0 aromatic heterocycles. The molecular formula is C4H9BBrIP. The van der Waals surface area contributed by atoms with Crippen molar-refractivity contribution in [3.63, 3.8) is 0 Å². The topological polar surface area (TPSA) is 0 Å². The average molecular weight is 306 g/mol. The SMILES string of the molecule is BrCCCCP[B]I. The Morgan fingerprint density at radius 2 is 2.25 bits per heavy atom. The molecule has 1 radical (unpaired) electrons. The highest BCUT2D eigenvalue weighted by molar-refractivity contribution is 14.1. The van der Waals surface area contributed by atoms with Gasteiger partial charge in [-0.25, -0.2) is 0 Å². The molecule has 0 fully saturated rings. The monoisotopic (exact) mass is 305 g/mol. The molecule has 0 aromatic rings. The first-order valence-corrected chi connectivity index (χ1v) is 6.28. The van der Waals surface area contributed by atoms with Crippen molar-refractivity contribution in [2.45, 2.75) is 12.8 Å². The van der Waals surface area contributed by atoms with Crippen molar-refractivity contribution in [3.05, 3.63) is 0 Å². The summed E-state index contributed by atoms with van der Waals surface area (Å²) in [6.07, 6.45) is 4.09. The Morgan fingerprint density at radius 1 is 1.50 bits per heavy atom. The summed E-state index contributed by atoms with van der Waals surface area (Å²) in [6, 6.07) is 0. The molecule has 0 aliphatic rings. The standard InChI is InChI=1S/C4H9BBrIP/c6-3-1-2-4-8-5-7/h8H,1-4H2. The number of unbranched alkanes of at least 4 members (excludes halogenated alkanes) is 1. The van der Waals surface area contributed by atoms with Crippen LogP contribution < -0.4 is 0 Å². The zero-order valence-corrected chi connectivity index (χ0v) is 9.41. The third-order valence-corrected chi connectivity index (χ3v) is 3.46. The van der Waals surface area contributed by atoms with Gasteiger partial charge in [0.2, 0.25) is 4.86 Å². The van der Waals surface area contributed by atoms with Crippen LogP contribution in [-0.4, -0.2) is 16.3 Å². The first-order valence-electron chi connectivity index (χ1n) is 2.63. The average Bonchev–Trinajstić information content (AvgIpc) is 1.81. The van der Waals surface area contributed by atoms with Gasteiger partial charge in [-0.05, 0) is 19.0 Å². The van der Waals surface area contributed by atoms with Crippen LogP contribution in [0.3, 0.4) is 0 Å². The fourth-order valence-corrected chi connectivity index (χ4v) is 2.27. The van der Waals surface area contributed by atoms with Crippen molar-refractivity contribution < 1.29 is 0 Å². The van der Waals surface area contributed by atoms with E-state index < -0.39 is 0 Å². The van der Waals surface area contributed by atoms with E-state index in [1.165, 1.54) is 24.3 Å². The number of rotatable bonds is 5. The van der Waals surface area contributed by atoms with Crippen LogP contribution in [0.5, 0.6) is 0 Å². The Labute approximate surface area is 75.6 Å². The first kappa shape index (κ1) is 9.70. The van der Waals surface area contributed by atoms with Crippen LogP contribution in [0.2, 0.25) is 0 Å². The lowest BCUT2D eigenvalue weighted by Gasteiger charge is -1.92. The van der Waals surface area contributed by atoms with Crippen LogP contribution in [-0.2, 0) is 0 Å². The largest absolute Gasteiger partial charge is 0.230 e. The van der Waals surface area contributed by atoms with E-state index in [0.717, 1.165) is 8.46 Å². The molecule has 1 unspecified atom stereocenters. The third kappa shape index (κ3) is 7.70. The summed E-state index contributed by atoms with van der Waals surface area (Å²) >= 11 is 5.71. The lowest BCUT2D eigenvalue weighted by atomic mass is 10.4. The first-order chi connectivity index (χ1) is 3.91. The molecule has 0 aromatic carbocycles. The van der Waals surface area contributed by atoms with E-state index in [1.807, 2.05) is 0 Å². The zero-order valence-electron chi connectivity index (χ0n) is 4.66. The van der Waals surface area contributed by atoms with Gasteiger partial charge in [-0.1, -0.05) is 15.9 Å². The number of alkyl halides is 1. The van der Waals surface area contributed by atoms with Crippen LogP contribution in [0, 0.1) is 0 Å². The smallest absolute Gasteiger partial charge is 0.152 e. The van der Waals surface area contributed by atoms with Crippen molar-refractivity contribution in [3.8, 4) is 0 Å². The van der Waals surface area contributed by atoms with Gasteiger partial charge >= 0.3 is 0 Å². The molecule has 47 valence electrons. The molecular weight excluding hydrogens is 297 g/mol. The molecule has 0 amide bonds. The number of halogens is 2. The predicted octanol–water partition coefficient (Wildman–Crippen LogP) is 2.81. The Bertz CT molecular complexity index is 41.0. The highest BCUT2D eigenvalue weighted by Crippen LogP contribution is 2.12. The lowest BCUT2D eigenvalue weighted by molar-refractivity contribution is 0.913. The number of hydrogen-bond acceptors (Lipinski definition) is 0. The normalized spacial score (nSPS) is 10.8. The Balaban J connectivity index is 2.53. The van der Waals surface area contributed by atoms with Crippen molar-refractivity contribution in [1.29, 1.82) is 0 Å². The van der Waals surface area contributed by atoms with E-state index in [4.69, 9.17) is 0 Å². The third-order valence-electron chi connectivity index (χ3n) is 0.782. The highest BCUT2D eigenvalue weighted by atomic mass is 127. The Kier molecular flexibility index (Phi) is 10.6. The summed E-state index contributed by atoms with van der Waals surface area (Å²) in [6.45, 7) is 0. The summed E-state index contributed by atoms with van der Waals surface area (Å²) in [5.74, 6) is 0. The van der Waals surface area contributed by atoms with Crippen LogP contribution in [0.1, 0.15) is 12.8 Å². The fraction of sp³-hybridized carbons (Fsp3) is 1.00.